The molecular weight excluding hydrogens is 286 g/mol. The third-order valence-corrected chi connectivity index (χ3v) is 4.53. The van der Waals surface area contributed by atoms with E-state index in [9.17, 15) is 4.79 Å². The van der Waals surface area contributed by atoms with Crippen LogP contribution in [0.4, 0.5) is 5.82 Å². The maximum absolute atomic E-state index is 11.4. The lowest BCUT2D eigenvalue weighted by atomic mass is 10.2. The summed E-state index contributed by atoms with van der Waals surface area (Å²) >= 11 is 1.64. The Morgan fingerprint density at radius 2 is 2.10 bits per heavy atom. The molecule has 0 fully saturated rings. The number of unbranched alkanes of at least 4 members (excludes halogenated alkanes) is 1. The predicted octanol–water partition coefficient (Wildman–Crippen LogP) is 3.24. The van der Waals surface area contributed by atoms with Gasteiger partial charge in [0.1, 0.15) is 22.9 Å². The summed E-state index contributed by atoms with van der Waals surface area (Å²) in [6, 6.07) is 0. The van der Waals surface area contributed by atoms with E-state index in [0.717, 1.165) is 35.4 Å². The highest BCUT2D eigenvalue weighted by Crippen LogP contribution is 2.33. The Kier molecular flexibility index (Phi) is 5.12. The minimum atomic E-state index is -0.321. The second-order valence-corrected chi connectivity index (χ2v) is 6.19. The molecule has 0 spiro atoms. The molecule has 0 saturated heterocycles. The number of thiophene rings is 1. The standard InChI is InChI=1S/C15H21N3O2S/c1-5-6-7-16-14-13-9(2)10(3)21-15(13)18-11(17-14)8-12(19)20-4/h5-8H2,1-4H3,(H,16,17,18). The number of fused-ring (bicyclic) bond motifs is 1. The zero-order valence-electron chi connectivity index (χ0n) is 12.9. The molecule has 21 heavy (non-hydrogen) atoms. The molecule has 0 bridgehead atoms. The molecule has 114 valence electrons. The quantitative estimate of drug-likeness (QED) is 0.655. The normalized spacial score (nSPS) is 10.9. The van der Waals surface area contributed by atoms with Crippen LogP contribution in [0.15, 0.2) is 0 Å². The van der Waals surface area contributed by atoms with Gasteiger partial charge in [-0.3, -0.25) is 4.79 Å². The topological polar surface area (TPSA) is 64.1 Å². The van der Waals surface area contributed by atoms with Crippen molar-refractivity contribution in [2.24, 2.45) is 0 Å². The van der Waals surface area contributed by atoms with E-state index < -0.39 is 0 Å². The summed E-state index contributed by atoms with van der Waals surface area (Å²) in [7, 11) is 1.38. The van der Waals surface area contributed by atoms with Crippen molar-refractivity contribution in [2.45, 2.75) is 40.0 Å². The number of carbonyl (C=O) groups excluding carboxylic acids is 1. The lowest BCUT2D eigenvalue weighted by molar-refractivity contribution is -0.139. The summed E-state index contributed by atoms with van der Waals surface area (Å²) < 4.78 is 4.70. The molecule has 2 rings (SSSR count). The van der Waals surface area contributed by atoms with Crippen molar-refractivity contribution >= 4 is 33.3 Å². The number of nitrogens with one attached hydrogen (secondary N) is 1. The fourth-order valence-corrected chi connectivity index (χ4v) is 3.13. The Bertz CT molecular complexity index is 652. The molecule has 2 heterocycles. The number of hydrogen-bond donors (Lipinski definition) is 1. The van der Waals surface area contributed by atoms with Crippen molar-refractivity contribution in [3.8, 4) is 0 Å². The fourth-order valence-electron chi connectivity index (χ4n) is 2.09. The van der Waals surface area contributed by atoms with Crippen LogP contribution in [0.3, 0.4) is 0 Å². The lowest BCUT2D eigenvalue weighted by Crippen LogP contribution is -2.11. The molecule has 0 atom stereocenters. The molecule has 6 heteroatoms. The minimum Gasteiger partial charge on any atom is -0.469 e. The van der Waals surface area contributed by atoms with E-state index in [1.54, 1.807) is 11.3 Å². The van der Waals surface area contributed by atoms with Gasteiger partial charge in [-0.25, -0.2) is 9.97 Å². The molecule has 2 aromatic rings. The number of ether oxygens (including phenoxy) is 1. The monoisotopic (exact) mass is 307 g/mol. The molecule has 0 aliphatic heterocycles. The van der Waals surface area contributed by atoms with E-state index in [0.29, 0.717) is 5.82 Å². The summed E-state index contributed by atoms with van der Waals surface area (Å²) in [4.78, 5) is 22.6. The third-order valence-electron chi connectivity index (χ3n) is 3.43. The maximum atomic E-state index is 11.4. The minimum absolute atomic E-state index is 0.102. The predicted molar refractivity (Wildman–Crippen MR) is 86.0 cm³/mol. The summed E-state index contributed by atoms with van der Waals surface area (Å²) in [5.41, 5.74) is 1.21. The first kappa shape index (κ1) is 15.7. The molecule has 5 nitrogen and oxygen atoms in total. The second-order valence-electron chi connectivity index (χ2n) is 4.99. The van der Waals surface area contributed by atoms with Gasteiger partial charge < -0.3 is 10.1 Å². The van der Waals surface area contributed by atoms with Crippen molar-refractivity contribution in [1.29, 1.82) is 0 Å². The van der Waals surface area contributed by atoms with E-state index >= 15 is 0 Å². The van der Waals surface area contributed by atoms with Crippen LogP contribution in [-0.2, 0) is 16.0 Å². The number of hydrogen-bond acceptors (Lipinski definition) is 6. The van der Waals surface area contributed by atoms with Gasteiger partial charge in [-0.2, -0.15) is 0 Å². The van der Waals surface area contributed by atoms with Gasteiger partial charge >= 0.3 is 5.97 Å². The SMILES string of the molecule is CCCCNc1nc(CC(=O)OC)nc2sc(C)c(C)c12. The van der Waals surface area contributed by atoms with Crippen LogP contribution in [-0.4, -0.2) is 29.6 Å². The molecule has 1 N–H and O–H groups in total. The number of aryl methyl sites for hydroxylation is 2. The molecule has 0 aromatic carbocycles. The number of anilines is 1. The Morgan fingerprint density at radius 1 is 1.33 bits per heavy atom. The van der Waals surface area contributed by atoms with Crippen molar-refractivity contribution in [3.05, 3.63) is 16.3 Å². The van der Waals surface area contributed by atoms with Crippen LogP contribution in [0.25, 0.3) is 10.2 Å². The molecule has 0 aliphatic carbocycles. The van der Waals surface area contributed by atoms with E-state index in [1.165, 1.54) is 17.6 Å². The average molecular weight is 307 g/mol. The Balaban J connectivity index is 2.42. The first-order chi connectivity index (χ1) is 10.1. The molecular formula is C15H21N3O2S. The van der Waals surface area contributed by atoms with Crippen LogP contribution in [0.1, 0.15) is 36.0 Å². The van der Waals surface area contributed by atoms with Gasteiger partial charge in [0.15, 0.2) is 0 Å². The molecule has 0 amide bonds. The van der Waals surface area contributed by atoms with Crippen molar-refractivity contribution < 1.29 is 9.53 Å². The largest absolute Gasteiger partial charge is 0.469 e. The Hall–Kier alpha value is -1.69. The molecule has 0 saturated carbocycles. The summed E-state index contributed by atoms with van der Waals surface area (Å²) in [6.07, 6.45) is 2.31. The van der Waals surface area contributed by atoms with Crippen molar-refractivity contribution in [2.75, 3.05) is 19.0 Å². The number of nitrogens with zero attached hydrogens (tertiary/aromatic N) is 2. The van der Waals surface area contributed by atoms with E-state index in [4.69, 9.17) is 4.74 Å². The maximum Gasteiger partial charge on any atom is 0.313 e. The highest BCUT2D eigenvalue weighted by molar-refractivity contribution is 7.18. The number of esters is 1. The Labute approximate surface area is 128 Å². The summed E-state index contributed by atoms with van der Waals surface area (Å²) in [5, 5.41) is 4.45. The van der Waals surface area contributed by atoms with Gasteiger partial charge in [-0.1, -0.05) is 13.3 Å². The van der Waals surface area contributed by atoms with Gasteiger partial charge in [0.25, 0.3) is 0 Å². The highest BCUT2D eigenvalue weighted by atomic mass is 32.1. The lowest BCUT2D eigenvalue weighted by Gasteiger charge is -2.09. The molecule has 0 unspecified atom stereocenters. The van der Waals surface area contributed by atoms with Gasteiger partial charge in [-0.15, -0.1) is 11.3 Å². The van der Waals surface area contributed by atoms with Gasteiger partial charge in [-0.05, 0) is 25.8 Å². The zero-order valence-corrected chi connectivity index (χ0v) is 13.8. The number of carbonyl (C=O) groups is 1. The van der Waals surface area contributed by atoms with Gasteiger partial charge in [0.2, 0.25) is 0 Å². The van der Waals surface area contributed by atoms with E-state index in [-0.39, 0.29) is 12.4 Å². The first-order valence-electron chi connectivity index (χ1n) is 7.14. The summed E-state index contributed by atoms with van der Waals surface area (Å²) in [6.45, 7) is 7.19. The van der Waals surface area contributed by atoms with Crippen LogP contribution >= 0.6 is 11.3 Å². The van der Waals surface area contributed by atoms with Crippen LogP contribution < -0.4 is 5.32 Å². The van der Waals surface area contributed by atoms with Gasteiger partial charge in [0.05, 0.1) is 12.5 Å². The van der Waals surface area contributed by atoms with E-state index in [1.807, 2.05) is 0 Å². The van der Waals surface area contributed by atoms with Crippen LogP contribution in [0.5, 0.6) is 0 Å². The fraction of sp³-hybridized carbons (Fsp3) is 0.533. The van der Waals surface area contributed by atoms with Gasteiger partial charge in [0, 0.05) is 11.4 Å². The number of rotatable bonds is 6. The van der Waals surface area contributed by atoms with Crippen molar-refractivity contribution in [1.82, 2.24) is 9.97 Å². The molecule has 2 aromatic heterocycles. The van der Waals surface area contributed by atoms with Crippen molar-refractivity contribution in [3.63, 3.8) is 0 Å². The second kappa shape index (κ2) is 6.85. The number of methoxy groups -OCH3 is 1. The number of aromatic nitrogens is 2. The average Bonchev–Trinajstić information content (AvgIpc) is 2.74. The van der Waals surface area contributed by atoms with E-state index in [2.05, 4.69) is 36.1 Å². The zero-order chi connectivity index (χ0) is 15.4. The highest BCUT2D eigenvalue weighted by Gasteiger charge is 2.16. The summed E-state index contributed by atoms with van der Waals surface area (Å²) in [5.74, 6) is 1.02. The van der Waals surface area contributed by atoms with Crippen LogP contribution in [0, 0.1) is 13.8 Å². The third kappa shape index (κ3) is 3.50. The first-order valence-corrected chi connectivity index (χ1v) is 7.95. The Morgan fingerprint density at radius 3 is 2.76 bits per heavy atom. The molecule has 0 radical (unpaired) electrons. The smallest absolute Gasteiger partial charge is 0.313 e. The van der Waals surface area contributed by atoms with Crippen LogP contribution in [0.2, 0.25) is 0 Å². The molecule has 0 aliphatic rings.